The van der Waals surface area contributed by atoms with E-state index in [2.05, 4.69) is 26.8 Å². The Hall–Kier alpha value is -0.715. The zero-order valence-electron chi connectivity index (χ0n) is 8.04. The maximum atomic E-state index is 5.86. The fourth-order valence-corrected chi connectivity index (χ4v) is 1.28. The van der Waals surface area contributed by atoms with Crippen molar-refractivity contribution < 1.29 is 0 Å². The zero-order valence-corrected chi connectivity index (χ0v) is 8.04. The average Bonchev–Trinajstić information content (AvgIpc) is 2.04. The summed E-state index contributed by atoms with van der Waals surface area (Å²) in [5, 5.41) is 0. The van der Waals surface area contributed by atoms with Crippen LogP contribution in [-0.4, -0.2) is 7.85 Å². The van der Waals surface area contributed by atoms with Gasteiger partial charge in [0.25, 0.3) is 0 Å². The van der Waals surface area contributed by atoms with Crippen LogP contribution < -0.4 is 5.46 Å². The lowest BCUT2D eigenvalue weighted by Crippen LogP contribution is -2.15. The van der Waals surface area contributed by atoms with E-state index >= 15 is 0 Å². The monoisotopic (exact) mass is 158 g/mol. The Morgan fingerprint density at radius 1 is 1.08 bits per heavy atom. The third kappa shape index (κ3) is 1.91. The molecule has 12 heavy (non-hydrogen) atoms. The van der Waals surface area contributed by atoms with Crippen LogP contribution in [0.5, 0.6) is 0 Å². The van der Waals surface area contributed by atoms with Crippen LogP contribution in [0.25, 0.3) is 0 Å². The Morgan fingerprint density at radius 3 is 2.17 bits per heavy atom. The van der Waals surface area contributed by atoms with Crippen molar-refractivity contribution >= 4 is 13.3 Å². The minimum atomic E-state index is 0.547. The van der Waals surface area contributed by atoms with Crippen LogP contribution in [0.4, 0.5) is 0 Å². The molecule has 2 radical (unpaired) electrons. The van der Waals surface area contributed by atoms with Crippen LogP contribution in [0.1, 0.15) is 32.3 Å². The molecule has 0 N–H and O–H groups in total. The summed E-state index contributed by atoms with van der Waals surface area (Å²) in [7, 11) is 5.86. The van der Waals surface area contributed by atoms with Gasteiger partial charge in [-0.25, -0.2) is 0 Å². The molecule has 1 aromatic rings. The number of hydrogen-bond acceptors (Lipinski definition) is 0. The lowest BCUT2D eigenvalue weighted by Gasteiger charge is -2.18. The van der Waals surface area contributed by atoms with Crippen LogP contribution in [0.3, 0.4) is 0 Å². The number of benzene rings is 1. The van der Waals surface area contributed by atoms with E-state index in [0.717, 1.165) is 5.46 Å². The highest BCUT2D eigenvalue weighted by Gasteiger charge is 2.10. The Labute approximate surface area is 76.4 Å². The molecule has 1 atom stereocenters. The molecule has 0 aromatic heterocycles. The maximum Gasteiger partial charge on any atom is 0.114 e. The van der Waals surface area contributed by atoms with Gasteiger partial charge in [-0.2, -0.15) is 0 Å². The first-order chi connectivity index (χ1) is 5.63. The topological polar surface area (TPSA) is 0 Å². The van der Waals surface area contributed by atoms with E-state index in [4.69, 9.17) is 7.85 Å². The van der Waals surface area contributed by atoms with Crippen molar-refractivity contribution in [3.05, 3.63) is 29.8 Å². The summed E-state index contributed by atoms with van der Waals surface area (Å²) in [5.41, 5.74) is 2.19. The molecule has 0 fully saturated rings. The largest absolute Gasteiger partial charge is 0.114 e. The molecular weight excluding hydrogens is 143 g/mol. The fraction of sp³-hybridized carbons (Fsp3) is 0.455. The SMILES string of the molecule is [B]c1ccccc1C(C)C(C)C. The van der Waals surface area contributed by atoms with Crippen molar-refractivity contribution in [1.29, 1.82) is 0 Å². The molecule has 0 aliphatic heterocycles. The van der Waals surface area contributed by atoms with Crippen LogP contribution >= 0.6 is 0 Å². The standard InChI is InChI=1S/C11H15B/c1-8(2)9(3)10-6-4-5-7-11(10)12/h4-9H,1-3H3. The Kier molecular flexibility index (Phi) is 2.96. The maximum absolute atomic E-state index is 5.86. The normalized spacial score (nSPS) is 13.3. The molecule has 62 valence electrons. The second-order valence-electron chi connectivity index (χ2n) is 3.66. The van der Waals surface area contributed by atoms with Gasteiger partial charge in [0.1, 0.15) is 7.85 Å². The Morgan fingerprint density at radius 2 is 1.67 bits per heavy atom. The predicted molar refractivity (Wildman–Crippen MR) is 55.1 cm³/mol. The van der Waals surface area contributed by atoms with Gasteiger partial charge in [0.05, 0.1) is 0 Å². The van der Waals surface area contributed by atoms with Gasteiger partial charge in [0, 0.05) is 0 Å². The zero-order chi connectivity index (χ0) is 9.14. The van der Waals surface area contributed by atoms with E-state index in [1.54, 1.807) is 0 Å². The van der Waals surface area contributed by atoms with Crippen molar-refractivity contribution in [2.24, 2.45) is 5.92 Å². The van der Waals surface area contributed by atoms with E-state index in [1.807, 2.05) is 18.2 Å². The molecule has 0 heterocycles. The predicted octanol–water partition coefficient (Wildman–Crippen LogP) is 2.24. The lowest BCUT2D eigenvalue weighted by molar-refractivity contribution is 0.537. The molecular formula is C11H15B. The highest BCUT2D eigenvalue weighted by molar-refractivity contribution is 6.33. The average molecular weight is 158 g/mol. The van der Waals surface area contributed by atoms with Crippen LogP contribution in [0.2, 0.25) is 0 Å². The quantitative estimate of drug-likeness (QED) is 0.579. The van der Waals surface area contributed by atoms with Crippen molar-refractivity contribution in [2.75, 3.05) is 0 Å². The number of rotatable bonds is 2. The fourth-order valence-electron chi connectivity index (χ4n) is 1.28. The molecule has 1 heteroatoms. The summed E-state index contributed by atoms with van der Waals surface area (Å²) in [6.07, 6.45) is 0. The van der Waals surface area contributed by atoms with Crippen LogP contribution in [0, 0.1) is 5.92 Å². The second-order valence-corrected chi connectivity index (χ2v) is 3.66. The molecule has 0 bridgehead atoms. The molecule has 0 aliphatic carbocycles. The molecule has 0 saturated heterocycles. The molecule has 0 aliphatic rings. The van der Waals surface area contributed by atoms with Crippen molar-refractivity contribution in [3.8, 4) is 0 Å². The molecule has 0 nitrogen and oxygen atoms in total. The molecule has 0 amide bonds. The van der Waals surface area contributed by atoms with Crippen molar-refractivity contribution in [1.82, 2.24) is 0 Å². The summed E-state index contributed by atoms with van der Waals surface area (Å²) < 4.78 is 0. The highest BCUT2D eigenvalue weighted by atomic mass is 14.1. The van der Waals surface area contributed by atoms with Gasteiger partial charge in [-0.3, -0.25) is 0 Å². The first kappa shape index (κ1) is 9.37. The van der Waals surface area contributed by atoms with E-state index < -0.39 is 0 Å². The van der Waals surface area contributed by atoms with Gasteiger partial charge < -0.3 is 0 Å². The summed E-state index contributed by atoms with van der Waals surface area (Å²) in [5.74, 6) is 1.20. The van der Waals surface area contributed by atoms with Gasteiger partial charge >= 0.3 is 0 Å². The molecule has 1 aromatic carbocycles. The Balaban J connectivity index is 2.94. The highest BCUT2D eigenvalue weighted by Crippen LogP contribution is 2.21. The Bertz CT molecular complexity index is 253. The van der Waals surface area contributed by atoms with Gasteiger partial charge in [0.15, 0.2) is 0 Å². The lowest BCUT2D eigenvalue weighted by atomic mass is 9.81. The van der Waals surface area contributed by atoms with Gasteiger partial charge in [-0.15, -0.1) is 0 Å². The summed E-state index contributed by atoms with van der Waals surface area (Å²) >= 11 is 0. The van der Waals surface area contributed by atoms with Crippen molar-refractivity contribution in [3.63, 3.8) is 0 Å². The third-order valence-corrected chi connectivity index (χ3v) is 2.49. The smallest absolute Gasteiger partial charge is 0.0933 e. The summed E-state index contributed by atoms with van der Waals surface area (Å²) in [6.45, 7) is 6.66. The van der Waals surface area contributed by atoms with E-state index in [-0.39, 0.29) is 0 Å². The van der Waals surface area contributed by atoms with Gasteiger partial charge in [-0.1, -0.05) is 56.1 Å². The van der Waals surface area contributed by atoms with Crippen LogP contribution in [-0.2, 0) is 0 Å². The molecule has 0 spiro atoms. The summed E-state index contributed by atoms with van der Waals surface area (Å²) in [4.78, 5) is 0. The van der Waals surface area contributed by atoms with Gasteiger partial charge in [0.2, 0.25) is 0 Å². The van der Waals surface area contributed by atoms with Gasteiger partial charge in [-0.05, 0) is 11.8 Å². The van der Waals surface area contributed by atoms with E-state index in [0.29, 0.717) is 11.8 Å². The molecule has 0 saturated carbocycles. The first-order valence-corrected chi connectivity index (χ1v) is 4.47. The number of hydrogen-bond donors (Lipinski definition) is 0. The van der Waals surface area contributed by atoms with Crippen LogP contribution in [0.15, 0.2) is 24.3 Å². The second kappa shape index (κ2) is 3.80. The van der Waals surface area contributed by atoms with E-state index in [9.17, 15) is 0 Å². The minimum Gasteiger partial charge on any atom is -0.0933 e. The first-order valence-electron chi connectivity index (χ1n) is 4.47. The van der Waals surface area contributed by atoms with E-state index in [1.165, 1.54) is 5.56 Å². The third-order valence-electron chi connectivity index (χ3n) is 2.49. The summed E-state index contributed by atoms with van der Waals surface area (Å²) in [6, 6.07) is 8.10. The molecule has 1 rings (SSSR count). The molecule has 1 unspecified atom stereocenters. The van der Waals surface area contributed by atoms with Crippen molar-refractivity contribution in [2.45, 2.75) is 26.7 Å². The minimum absolute atomic E-state index is 0.547.